The third-order valence-electron chi connectivity index (χ3n) is 4.13. The van der Waals surface area contributed by atoms with Gasteiger partial charge in [-0.15, -0.1) is 5.10 Å². The second-order valence-corrected chi connectivity index (χ2v) is 5.58. The number of carbonyl (C=O) groups excluding carboxylic acids is 1. The molecule has 2 aliphatic rings. The van der Waals surface area contributed by atoms with Crippen LogP contribution in [0.3, 0.4) is 0 Å². The zero-order valence-electron chi connectivity index (χ0n) is 10.6. The van der Waals surface area contributed by atoms with Crippen molar-refractivity contribution in [2.45, 2.75) is 57.5 Å². The minimum absolute atomic E-state index is 0.0719. The van der Waals surface area contributed by atoms with E-state index in [1.165, 1.54) is 32.1 Å². The molecule has 0 spiro atoms. The summed E-state index contributed by atoms with van der Waals surface area (Å²) >= 11 is 0. The van der Waals surface area contributed by atoms with Crippen LogP contribution in [-0.2, 0) is 6.54 Å². The second-order valence-electron chi connectivity index (χ2n) is 5.58. The maximum Gasteiger partial charge on any atom is 0.273 e. The molecule has 1 amide bonds. The standard InChI is InChI=1S/C13H20N4O/c18-13(14-11-6-3-7-11)12-9-17(16-15-12)8-10-4-1-2-5-10/h9-11H,1-8H2,(H,14,18). The Balaban J connectivity index is 1.56. The van der Waals surface area contributed by atoms with Crippen molar-refractivity contribution in [3.8, 4) is 0 Å². The third-order valence-corrected chi connectivity index (χ3v) is 4.13. The van der Waals surface area contributed by atoms with Gasteiger partial charge in [-0.25, -0.2) is 0 Å². The van der Waals surface area contributed by atoms with Gasteiger partial charge in [0.05, 0.1) is 6.20 Å². The lowest BCUT2D eigenvalue weighted by atomic mass is 9.93. The topological polar surface area (TPSA) is 59.8 Å². The predicted molar refractivity (Wildman–Crippen MR) is 67.1 cm³/mol. The van der Waals surface area contributed by atoms with Gasteiger partial charge in [-0.2, -0.15) is 0 Å². The fourth-order valence-electron chi connectivity index (χ4n) is 2.76. The van der Waals surface area contributed by atoms with E-state index in [0.717, 1.165) is 19.4 Å². The highest BCUT2D eigenvalue weighted by Gasteiger charge is 2.22. The monoisotopic (exact) mass is 248 g/mol. The first-order chi connectivity index (χ1) is 8.81. The number of aromatic nitrogens is 3. The van der Waals surface area contributed by atoms with Crippen molar-refractivity contribution in [2.75, 3.05) is 0 Å². The summed E-state index contributed by atoms with van der Waals surface area (Å²) in [5.74, 6) is 0.645. The molecular formula is C13H20N4O. The molecule has 98 valence electrons. The summed E-state index contributed by atoms with van der Waals surface area (Å²) in [6, 6.07) is 0.359. The normalized spacial score (nSPS) is 20.9. The lowest BCUT2D eigenvalue weighted by Gasteiger charge is -2.25. The molecule has 0 unspecified atom stereocenters. The lowest BCUT2D eigenvalue weighted by Crippen LogP contribution is -2.39. The first-order valence-corrected chi connectivity index (χ1v) is 7.02. The minimum atomic E-state index is -0.0719. The molecule has 2 aliphatic carbocycles. The van der Waals surface area contributed by atoms with Crippen LogP contribution in [0.5, 0.6) is 0 Å². The van der Waals surface area contributed by atoms with Crippen molar-refractivity contribution in [2.24, 2.45) is 5.92 Å². The van der Waals surface area contributed by atoms with Gasteiger partial charge in [-0.05, 0) is 38.0 Å². The van der Waals surface area contributed by atoms with E-state index in [1.807, 2.05) is 4.68 Å². The number of nitrogens with zero attached hydrogens (tertiary/aromatic N) is 3. The van der Waals surface area contributed by atoms with E-state index < -0.39 is 0 Å². The largest absolute Gasteiger partial charge is 0.348 e. The van der Waals surface area contributed by atoms with Gasteiger partial charge in [0.15, 0.2) is 5.69 Å². The molecule has 5 nitrogen and oxygen atoms in total. The zero-order valence-corrected chi connectivity index (χ0v) is 10.6. The van der Waals surface area contributed by atoms with Crippen LogP contribution in [0.4, 0.5) is 0 Å². The van der Waals surface area contributed by atoms with E-state index in [-0.39, 0.29) is 5.91 Å². The Morgan fingerprint density at radius 3 is 2.72 bits per heavy atom. The Kier molecular flexibility index (Phi) is 3.30. The Bertz CT molecular complexity index is 418. The Morgan fingerprint density at radius 2 is 2.06 bits per heavy atom. The Morgan fingerprint density at radius 1 is 1.28 bits per heavy atom. The van der Waals surface area contributed by atoms with E-state index in [1.54, 1.807) is 6.20 Å². The highest BCUT2D eigenvalue weighted by atomic mass is 16.2. The highest BCUT2D eigenvalue weighted by molar-refractivity contribution is 5.92. The van der Waals surface area contributed by atoms with Gasteiger partial charge < -0.3 is 5.32 Å². The molecule has 0 aromatic carbocycles. The molecule has 18 heavy (non-hydrogen) atoms. The number of rotatable bonds is 4. The fraction of sp³-hybridized carbons (Fsp3) is 0.769. The van der Waals surface area contributed by atoms with Gasteiger partial charge in [-0.1, -0.05) is 18.1 Å². The predicted octanol–water partition coefficient (Wildman–Crippen LogP) is 1.75. The molecule has 3 rings (SSSR count). The van der Waals surface area contributed by atoms with Gasteiger partial charge >= 0.3 is 0 Å². The minimum Gasteiger partial charge on any atom is -0.348 e. The Labute approximate surface area is 107 Å². The third kappa shape index (κ3) is 2.54. The van der Waals surface area contributed by atoms with Gasteiger partial charge in [0.2, 0.25) is 0 Å². The average Bonchev–Trinajstić information content (AvgIpc) is 2.95. The van der Waals surface area contributed by atoms with Crippen molar-refractivity contribution < 1.29 is 4.79 Å². The molecule has 1 aromatic rings. The molecule has 0 aliphatic heterocycles. The Hall–Kier alpha value is -1.39. The maximum atomic E-state index is 11.9. The maximum absolute atomic E-state index is 11.9. The molecule has 1 heterocycles. The number of nitrogens with one attached hydrogen (secondary N) is 1. The number of hydrogen-bond donors (Lipinski definition) is 1. The van der Waals surface area contributed by atoms with E-state index in [0.29, 0.717) is 17.7 Å². The number of carbonyl (C=O) groups is 1. The van der Waals surface area contributed by atoms with Crippen LogP contribution in [0, 0.1) is 5.92 Å². The van der Waals surface area contributed by atoms with Gasteiger partial charge in [0.1, 0.15) is 0 Å². The van der Waals surface area contributed by atoms with E-state index in [4.69, 9.17) is 0 Å². The van der Waals surface area contributed by atoms with Crippen molar-refractivity contribution in [1.29, 1.82) is 0 Å². The second kappa shape index (κ2) is 5.08. The van der Waals surface area contributed by atoms with Crippen LogP contribution in [0.25, 0.3) is 0 Å². The quantitative estimate of drug-likeness (QED) is 0.883. The van der Waals surface area contributed by atoms with Crippen LogP contribution >= 0.6 is 0 Å². The van der Waals surface area contributed by atoms with E-state index >= 15 is 0 Å². The first kappa shape index (κ1) is 11.7. The van der Waals surface area contributed by atoms with Gasteiger partial charge in [-0.3, -0.25) is 9.48 Å². The van der Waals surface area contributed by atoms with Crippen molar-refractivity contribution >= 4 is 5.91 Å². The van der Waals surface area contributed by atoms with E-state index in [9.17, 15) is 4.79 Å². The summed E-state index contributed by atoms with van der Waals surface area (Å²) in [5.41, 5.74) is 0.458. The molecule has 0 atom stereocenters. The summed E-state index contributed by atoms with van der Waals surface area (Å²) in [7, 11) is 0. The molecule has 1 aromatic heterocycles. The molecular weight excluding hydrogens is 228 g/mol. The van der Waals surface area contributed by atoms with Crippen LogP contribution in [-0.4, -0.2) is 26.9 Å². The molecule has 2 saturated carbocycles. The number of amides is 1. The molecule has 0 saturated heterocycles. The lowest BCUT2D eigenvalue weighted by molar-refractivity contribution is 0.0911. The van der Waals surface area contributed by atoms with Crippen molar-refractivity contribution in [3.05, 3.63) is 11.9 Å². The smallest absolute Gasteiger partial charge is 0.273 e. The first-order valence-electron chi connectivity index (χ1n) is 7.02. The van der Waals surface area contributed by atoms with E-state index in [2.05, 4.69) is 15.6 Å². The van der Waals surface area contributed by atoms with Crippen LogP contribution in [0.15, 0.2) is 6.20 Å². The van der Waals surface area contributed by atoms with Crippen molar-refractivity contribution in [1.82, 2.24) is 20.3 Å². The summed E-state index contributed by atoms with van der Waals surface area (Å²) in [6.45, 7) is 0.906. The molecule has 1 N–H and O–H groups in total. The molecule has 2 fully saturated rings. The summed E-state index contributed by atoms with van der Waals surface area (Å²) in [4.78, 5) is 11.9. The number of hydrogen-bond acceptors (Lipinski definition) is 3. The highest BCUT2D eigenvalue weighted by Crippen LogP contribution is 2.25. The van der Waals surface area contributed by atoms with Crippen molar-refractivity contribution in [3.63, 3.8) is 0 Å². The summed E-state index contributed by atoms with van der Waals surface area (Å²) in [5, 5.41) is 11.0. The summed E-state index contributed by atoms with van der Waals surface area (Å²) in [6.07, 6.45) is 10.4. The van der Waals surface area contributed by atoms with Gasteiger partial charge in [0, 0.05) is 12.6 Å². The molecule has 5 heteroatoms. The molecule has 0 radical (unpaired) electrons. The average molecular weight is 248 g/mol. The summed E-state index contributed by atoms with van der Waals surface area (Å²) < 4.78 is 1.83. The van der Waals surface area contributed by atoms with Gasteiger partial charge in [0.25, 0.3) is 5.91 Å². The van der Waals surface area contributed by atoms with Crippen LogP contribution < -0.4 is 5.32 Å². The van der Waals surface area contributed by atoms with Crippen LogP contribution in [0.2, 0.25) is 0 Å². The fourth-order valence-corrected chi connectivity index (χ4v) is 2.76. The zero-order chi connectivity index (χ0) is 12.4. The van der Waals surface area contributed by atoms with Crippen LogP contribution in [0.1, 0.15) is 55.4 Å². The SMILES string of the molecule is O=C(NC1CCC1)c1cn(CC2CCCC2)nn1. The molecule has 0 bridgehead atoms.